The number of hydrogen-bond acceptors (Lipinski definition) is 11. The van der Waals surface area contributed by atoms with E-state index in [1.807, 2.05) is 44.3 Å². The molecule has 0 aliphatic carbocycles. The van der Waals surface area contributed by atoms with Gasteiger partial charge in [0.25, 0.3) is 0 Å². The van der Waals surface area contributed by atoms with Crippen molar-refractivity contribution >= 4 is 56.4 Å². The normalized spacial score (nSPS) is 12.0. The Balaban J connectivity index is 1.32. The van der Waals surface area contributed by atoms with E-state index in [1.165, 1.54) is 6.26 Å². The lowest BCUT2D eigenvalue weighted by molar-refractivity contribution is 0.423. The molecule has 42 heavy (non-hydrogen) atoms. The van der Waals surface area contributed by atoms with Gasteiger partial charge in [-0.05, 0) is 67.2 Å². The monoisotopic (exact) mass is 602 g/mol. The number of aromatic nitrogens is 5. The first-order valence-electron chi connectivity index (χ1n) is 13.0. The molecule has 0 fully saturated rings. The zero-order valence-corrected chi connectivity index (χ0v) is 25.0. The van der Waals surface area contributed by atoms with Crippen LogP contribution in [0, 0.1) is 6.92 Å². The van der Waals surface area contributed by atoms with Crippen LogP contribution < -0.4 is 15.4 Å². The Kier molecular flexibility index (Phi) is 8.71. The van der Waals surface area contributed by atoms with Crippen LogP contribution in [0.3, 0.4) is 0 Å². The van der Waals surface area contributed by atoms with Gasteiger partial charge in [-0.3, -0.25) is 0 Å². The Bertz CT molecular complexity index is 1880. The van der Waals surface area contributed by atoms with Crippen LogP contribution in [0.25, 0.3) is 27.4 Å². The predicted octanol–water partition coefficient (Wildman–Crippen LogP) is 4.75. The first kappa shape index (κ1) is 29.0. The number of benzene rings is 2. The smallest absolute Gasteiger partial charge is 0.222 e. The molecule has 0 saturated heterocycles. The summed E-state index contributed by atoms with van der Waals surface area (Å²) in [6.07, 6.45) is 6.05. The molecule has 0 atom stereocenters. The van der Waals surface area contributed by atoms with Crippen molar-refractivity contribution in [3.05, 3.63) is 83.3 Å². The number of sulfone groups is 1. The molecule has 11 nitrogen and oxygen atoms in total. The molecule has 5 rings (SSSR count). The van der Waals surface area contributed by atoms with Crippen LogP contribution in [0.4, 0.5) is 11.5 Å². The van der Waals surface area contributed by atoms with Crippen LogP contribution in [0.2, 0.25) is 0 Å². The van der Waals surface area contributed by atoms with Crippen molar-refractivity contribution in [3.63, 3.8) is 0 Å². The fraction of sp³-hybridized carbons (Fsp3) is 0.207. The summed E-state index contributed by atoms with van der Waals surface area (Å²) in [6, 6.07) is 16.0. The summed E-state index contributed by atoms with van der Waals surface area (Å²) in [5, 5.41) is 15.4. The van der Waals surface area contributed by atoms with Crippen LogP contribution in [-0.4, -0.2) is 58.4 Å². The molecule has 0 bridgehead atoms. The largest absolute Gasteiger partial charge is 0.439 e. The quantitative estimate of drug-likeness (QED) is 0.118. The van der Waals surface area contributed by atoms with Gasteiger partial charge in [0.05, 0.1) is 11.3 Å². The number of anilines is 2. The highest BCUT2D eigenvalue weighted by atomic mass is 32.2. The third-order valence-electron chi connectivity index (χ3n) is 6.34. The Hall–Kier alpha value is -4.46. The second-order valence-electron chi connectivity index (χ2n) is 9.67. The molecule has 3 heterocycles. The molecule has 2 aromatic carbocycles. The van der Waals surface area contributed by atoms with Gasteiger partial charge >= 0.3 is 0 Å². The van der Waals surface area contributed by atoms with Crippen LogP contribution in [0.5, 0.6) is 5.75 Å². The number of ether oxygens (including phenoxy) is 1. The Labute approximate surface area is 248 Å². The van der Waals surface area contributed by atoms with Gasteiger partial charge in [-0.15, -0.1) is 21.5 Å². The van der Waals surface area contributed by atoms with Crippen molar-refractivity contribution < 1.29 is 13.2 Å². The fourth-order valence-corrected chi connectivity index (χ4v) is 5.63. The first-order chi connectivity index (χ1) is 20.2. The third kappa shape index (κ3) is 7.24. The van der Waals surface area contributed by atoms with Crippen LogP contribution in [-0.2, 0) is 23.4 Å². The molecule has 0 amide bonds. The van der Waals surface area contributed by atoms with E-state index < -0.39 is 9.84 Å². The SMILES string of the molecule is C=N/C(=C\c1nncn1C)Oc1ccc(Nc2ncnc3ccc(-c4ccc(CNCCS(C)(=O)=O)s4)cc23)cc1C. The minimum absolute atomic E-state index is 0.120. The summed E-state index contributed by atoms with van der Waals surface area (Å²) >= 11 is 1.66. The number of nitrogens with zero attached hydrogens (tertiary/aromatic N) is 6. The van der Waals surface area contributed by atoms with E-state index in [1.54, 1.807) is 34.6 Å². The van der Waals surface area contributed by atoms with E-state index in [9.17, 15) is 8.42 Å². The molecule has 5 aromatic rings. The Morgan fingerprint density at radius 1 is 1.17 bits per heavy atom. The number of aryl methyl sites for hydroxylation is 2. The molecule has 13 heteroatoms. The van der Waals surface area contributed by atoms with Gasteiger partial charge in [-0.2, -0.15) is 0 Å². The highest BCUT2D eigenvalue weighted by Gasteiger charge is 2.11. The van der Waals surface area contributed by atoms with E-state index in [-0.39, 0.29) is 5.75 Å². The summed E-state index contributed by atoms with van der Waals surface area (Å²) in [7, 11) is -1.15. The number of hydrogen-bond donors (Lipinski definition) is 2. The predicted molar refractivity (Wildman–Crippen MR) is 168 cm³/mol. The van der Waals surface area contributed by atoms with E-state index in [4.69, 9.17) is 4.74 Å². The highest BCUT2D eigenvalue weighted by Crippen LogP contribution is 2.33. The molecule has 0 aliphatic heterocycles. The molecule has 0 aliphatic rings. The molecule has 0 spiro atoms. The number of fused-ring (bicyclic) bond motifs is 1. The van der Waals surface area contributed by atoms with Crippen LogP contribution in [0.15, 0.2) is 72.1 Å². The average molecular weight is 603 g/mol. The number of nitrogens with one attached hydrogen (secondary N) is 2. The molecule has 216 valence electrons. The topological polar surface area (TPSA) is 136 Å². The molecule has 2 N–H and O–H groups in total. The molecule has 0 saturated carbocycles. The molecular formula is C29H30N8O3S2. The second-order valence-corrected chi connectivity index (χ2v) is 13.1. The van der Waals surface area contributed by atoms with Crippen molar-refractivity contribution in [2.24, 2.45) is 12.0 Å². The van der Waals surface area contributed by atoms with Crippen LogP contribution >= 0.6 is 11.3 Å². The lowest BCUT2D eigenvalue weighted by Gasteiger charge is -2.13. The van der Waals surface area contributed by atoms with E-state index >= 15 is 0 Å². The Morgan fingerprint density at radius 2 is 2.02 bits per heavy atom. The average Bonchev–Trinajstić information content (AvgIpc) is 3.60. The highest BCUT2D eigenvalue weighted by molar-refractivity contribution is 7.90. The summed E-state index contributed by atoms with van der Waals surface area (Å²) < 4.78 is 30.4. The molecular weight excluding hydrogens is 573 g/mol. The number of rotatable bonds is 12. The van der Waals surface area contributed by atoms with Crippen molar-refractivity contribution in [2.75, 3.05) is 23.9 Å². The second kappa shape index (κ2) is 12.6. The van der Waals surface area contributed by atoms with E-state index in [0.717, 1.165) is 37.5 Å². The van der Waals surface area contributed by atoms with Crippen molar-refractivity contribution in [1.82, 2.24) is 30.0 Å². The van der Waals surface area contributed by atoms with E-state index in [2.05, 4.69) is 60.7 Å². The van der Waals surface area contributed by atoms with Gasteiger partial charge in [-0.1, -0.05) is 6.07 Å². The van der Waals surface area contributed by atoms with Crippen molar-refractivity contribution in [1.29, 1.82) is 0 Å². The van der Waals surface area contributed by atoms with Crippen LogP contribution in [0.1, 0.15) is 16.3 Å². The lowest BCUT2D eigenvalue weighted by Crippen LogP contribution is -2.21. The van der Waals surface area contributed by atoms with Gasteiger partial charge in [0.15, 0.2) is 5.82 Å². The number of thiophene rings is 1. The van der Waals surface area contributed by atoms with Gasteiger partial charge in [-0.25, -0.2) is 23.4 Å². The third-order valence-corrected chi connectivity index (χ3v) is 8.42. The maximum Gasteiger partial charge on any atom is 0.222 e. The zero-order valence-electron chi connectivity index (χ0n) is 23.4. The summed E-state index contributed by atoms with van der Waals surface area (Å²) in [5.41, 5.74) is 3.60. The zero-order chi connectivity index (χ0) is 29.7. The number of aliphatic imine (C=N–C) groups is 1. The first-order valence-corrected chi connectivity index (χ1v) is 15.9. The molecule has 0 radical (unpaired) electrons. The lowest BCUT2D eigenvalue weighted by atomic mass is 10.1. The minimum atomic E-state index is -2.98. The van der Waals surface area contributed by atoms with Gasteiger partial charge in [0, 0.05) is 53.3 Å². The molecule has 0 unspecified atom stereocenters. The van der Waals surface area contributed by atoms with Crippen molar-refractivity contribution in [2.45, 2.75) is 13.5 Å². The fourth-order valence-electron chi connectivity index (χ4n) is 4.14. The van der Waals surface area contributed by atoms with Gasteiger partial charge in [0.1, 0.15) is 34.1 Å². The standard InChI is InChI=1S/C29H30N8O3S2/c1-19-13-21(6-9-25(19)40-28(30-2)15-27-36-34-18-37(27)3)35-29-23-14-20(5-8-24(23)32-17-33-29)26-10-7-22(41-26)16-31-11-12-42(4,38)39/h5-10,13-15,17-18,31H,2,11-12,16H2,1,3-4H3,(H,32,33,35)/b28-15+. The Morgan fingerprint density at radius 3 is 2.76 bits per heavy atom. The molecule has 3 aromatic heterocycles. The van der Waals surface area contributed by atoms with Gasteiger partial charge in [0.2, 0.25) is 5.88 Å². The minimum Gasteiger partial charge on any atom is -0.439 e. The van der Waals surface area contributed by atoms with Crippen molar-refractivity contribution in [3.8, 4) is 16.2 Å². The summed E-state index contributed by atoms with van der Waals surface area (Å²) in [6.45, 7) is 6.59. The van der Waals surface area contributed by atoms with Gasteiger partial charge < -0.3 is 19.9 Å². The maximum atomic E-state index is 11.4. The summed E-state index contributed by atoms with van der Waals surface area (Å²) in [4.78, 5) is 15.2. The van der Waals surface area contributed by atoms with E-state index in [0.29, 0.717) is 36.4 Å². The maximum absolute atomic E-state index is 11.4. The summed E-state index contributed by atoms with van der Waals surface area (Å²) in [5.74, 6) is 2.35.